The fourth-order valence-corrected chi connectivity index (χ4v) is 3.43. The van der Waals surface area contributed by atoms with Crippen LogP contribution < -0.4 is 10.3 Å². The predicted octanol–water partition coefficient (Wildman–Crippen LogP) is 4.31. The minimum Gasteiger partial charge on any atom is -0.465 e. The summed E-state index contributed by atoms with van der Waals surface area (Å²) in [5.74, 6) is -0.302. The zero-order valence-corrected chi connectivity index (χ0v) is 17.6. The molecule has 0 unspecified atom stereocenters. The Balaban J connectivity index is 1.91. The number of nitrogens with zero attached hydrogens (tertiary/aromatic N) is 3. The van der Waals surface area contributed by atoms with Crippen LogP contribution in [0.5, 0.6) is 11.6 Å². The molecule has 0 spiro atoms. The summed E-state index contributed by atoms with van der Waals surface area (Å²) in [6.45, 7) is 5.53. The summed E-state index contributed by atoms with van der Waals surface area (Å²) in [5, 5.41) is 4.60. The first-order valence-corrected chi connectivity index (χ1v) is 9.61. The molecule has 152 valence electrons. The molecule has 0 aliphatic carbocycles. The van der Waals surface area contributed by atoms with Gasteiger partial charge in [-0.3, -0.25) is 9.59 Å². The van der Waals surface area contributed by atoms with Gasteiger partial charge in [0, 0.05) is 29.2 Å². The second-order valence-electron chi connectivity index (χ2n) is 6.26. The Morgan fingerprint density at radius 3 is 2.28 bits per heavy atom. The third-order valence-corrected chi connectivity index (χ3v) is 4.71. The van der Waals surface area contributed by atoms with Gasteiger partial charge in [0.05, 0.1) is 16.7 Å². The van der Waals surface area contributed by atoms with E-state index < -0.39 is 11.5 Å². The minimum atomic E-state index is -0.572. The number of rotatable bonds is 6. The molecular weight excluding hydrogens is 417 g/mol. The molecule has 29 heavy (non-hydrogen) atoms. The smallest absolute Gasteiger partial charge is 0.327 e. The van der Waals surface area contributed by atoms with Gasteiger partial charge in [-0.05, 0) is 45.0 Å². The highest BCUT2D eigenvalue weighted by Crippen LogP contribution is 2.38. The van der Waals surface area contributed by atoms with Crippen molar-refractivity contribution in [2.24, 2.45) is 0 Å². The highest BCUT2D eigenvalue weighted by molar-refractivity contribution is 6.37. The van der Waals surface area contributed by atoms with E-state index in [1.165, 1.54) is 12.1 Å². The molecule has 0 saturated heterocycles. The average Bonchev–Trinajstić information content (AvgIpc) is 2.99. The van der Waals surface area contributed by atoms with Gasteiger partial charge in [0.1, 0.15) is 6.54 Å². The van der Waals surface area contributed by atoms with Crippen LogP contribution in [0.2, 0.25) is 10.0 Å². The molecule has 0 atom stereocenters. The van der Waals surface area contributed by atoms with Gasteiger partial charge in [-0.15, -0.1) is 5.10 Å². The van der Waals surface area contributed by atoms with Crippen LogP contribution in [0.15, 0.2) is 41.2 Å². The topological polar surface area (TPSA) is 75.4 Å². The lowest BCUT2D eigenvalue weighted by Crippen LogP contribution is -2.27. The Morgan fingerprint density at radius 1 is 1.07 bits per heavy atom. The lowest BCUT2D eigenvalue weighted by Gasteiger charge is -2.14. The van der Waals surface area contributed by atoms with Crippen molar-refractivity contribution in [3.05, 3.63) is 68.2 Å². The van der Waals surface area contributed by atoms with Crippen molar-refractivity contribution in [1.29, 1.82) is 0 Å². The quantitative estimate of drug-likeness (QED) is 0.539. The van der Waals surface area contributed by atoms with Crippen LogP contribution in [0.4, 0.5) is 0 Å². The number of hydrogen-bond donors (Lipinski definition) is 0. The second-order valence-corrected chi connectivity index (χ2v) is 7.08. The molecule has 9 heteroatoms. The van der Waals surface area contributed by atoms with Crippen molar-refractivity contribution < 1.29 is 14.3 Å². The first kappa shape index (κ1) is 21.0. The van der Waals surface area contributed by atoms with E-state index in [2.05, 4.69) is 5.10 Å². The van der Waals surface area contributed by atoms with E-state index in [1.807, 2.05) is 30.5 Å². The number of halogens is 2. The number of benzene rings is 1. The van der Waals surface area contributed by atoms with Crippen LogP contribution in [-0.4, -0.2) is 26.9 Å². The molecule has 0 aliphatic heterocycles. The number of aromatic nitrogens is 3. The standard InChI is InChI=1S/C20H19Cl2N3O4/c1-4-28-19(27)11-24-18(26)8-7-17(23-24)29-20-15(21)9-14(10-16(20)22)25-12(2)5-6-13(25)3/h5-10H,4,11H2,1-3H3. The molecule has 0 radical (unpaired) electrons. The van der Waals surface area contributed by atoms with Crippen LogP contribution >= 0.6 is 23.2 Å². The van der Waals surface area contributed by atoms with Gasteiger partial charge in [-0.1, -0.05) is 23.2 Å². The molecule has 0 aliphatic rings. The molecule has 2 heterocycles. The first-order valence-electron chi connectivity index (χ1n) is 8.86. The van der Waals surface area contributed by atoms with E-state index in [-0.39, 0.29) is 34.8 Å². The maximum atomic E-state index is 11.9. The van der Waals surface area contributed by atoms with Crippen LogP contribution in [0, 0.1) is 13.8 Å². The van der Waals surface area contributed by atoms with Gasteiger partial charge in [-0.2, -0.15) is 0 Å². The van der Waals surface area contributed by atoms with E-state index in [4.69, 9.17) is 32.7 Å². The number of hydrogen-bond acceptors (Lipinski definition) is 5. The highest BCUT2D eigenvalue weighted by Gasteiger charge is 2.15. The van der Waals surface area contributed by atoms with Gasteiger partial charge < -0.3 is 14.0 Å². The molecular formula is C20H19Cl2N3O4. The second kappa shape index (κ2) is 8.71. The summed E-state index contributed by atoms with van der Waals surface area (Å²) >= 11 is 12.8. The summed E-state index contributed by atoms with van der Waals surface area (Å²) in [5.41, 5.74) is 2.41. The number of carbonyl (C=O) groups excluding carboxylic acids is 1. The van der Waals surface area contributed by atoms with Crippen molar-refractivity contribution in [2.75, 3.05) is 6.61 Å². The Hall–Kier alpha value is -2.77. The Bertz CT molecular complexity index is 1080. The van der Waals surface area contributed by atoms with Crippen LogP contribution in [-0.2, 0) is 16.1 Å². The summed E-state index contributed by atoms with van der Waals surface area (Å²) in [4.78, 5) is 23.6. The van der Waals surface area contributed by atoms with E-state index in [0.717, 1.165) is 21.8 Å². The zero-order chi connectivity index (χ0) is 21.1. The molecule has 3 rings (SSSR count). The van der Waals surface area contributed by atoms with E-state index in [1.54, 1.807) is 19.1 Å². The molecule has 2 aromatic heterocycles. The third-order valence-electron chi connectivity index (χ3n) is 4.15. The van der Waals surface area contributed by atoms with Crippen molar-refractivity contribution in [3.8, 4) is 17.3 Å². The maximum absolute atomic E-state index is 11.9. The molecule has 0 bridgehead atoms. The minimum absolute atomic E-state index is 0.0683. The normalized spacial score (nSPS) is 10.8. The van der Waals surface area contributed by atoms with Gasteiger partial charge in [0.25, 0.3) is 5.56 Å². The summed E-state index contributed by atoms with van der Waals surface area (Å²) < 4.78 is 13.5. The van der Waals surface area contributed by atoms with E-state index in [9.17, 15) is 9.59 Å². The van der Waals surface area contributed by atoms with Crippen molar-refractivity contribution >= 4 is 29.2 Å². The first-order chi connectivity index (χ1) is 13.8. The zero-order valence-electron chi connectivity index (χ0n) is 16.1. The number of esters is 1. The Kier molecular flexibility index (Phi) is 6.30. The maximum Gasteiger partial charge on any atom is 0.327 e. The largest absolute Gasteiger partial charge is 0.465 e. The molecule has 1 aromatic carbocycles. The lowest BCUT2D eigenvalue weighted by atomic mass is 10.2. The third kappa shape index (κ3) is 4.63. The van der Waals surface area contributed by atoms with Gasteiger partial charge >= 0.3 is 5.97 Å². The molecule has 7 nitrogen and oxygen atoms in total. The monoisotopic (exact) mass is 435 g/mol. The predicted molar refractivity (Wildman–Crippen MR) is 110 cm³/mol. The number of aryl methyl sites for hydroxylation is 2. The summed E-state index contributed by atoms with van der Waals surface area (Å²) in [7, 11) is 0. The Morgan fingerprint density at radius 2 is 1.69 bits per heavy atom. The fourth-order valence-electron chi connectivity index (χ4n) is 2.88. The highest BCUT2D eigenvalue weighted by atomic mass is 35.5. The molecule has 0 fully saturated rings. The van der Waals surface area contributed by atoms with Crippen molar-refractivity contribution in [3.63, 3.8) is 0 Å². The van der Waals surface area contributed by atoms with Gasteiger partial charge in [-0.25, -0.2) is 4.68 Å². The van der Waals surface area contributed by atoms with E-state index >= 15 is 0 Å². The number of ether oxygens (including phenoxy) is 2. The average molecular weight is 436 g/mol. The SMILES string of the molecule is CCOC(=O)Cn1nc(Oc2c(Cl)cc(-n3c(C)ccc3C)cc2Cl)ccc1=O. The van der Waals surface area contributed by atoms with Crippen LogP contribution in [0.3, 0.4) is 0 Å². The van der Waals surface area contributed by atoms with Crippen LogP contribution in [0.25, 0.3) is 5.69 Å². The molecule has 0 saturated carbocycles. The lowest BCUT2D eigenvalue weighted by molar-refractivity contribution is -0.144. The molecule has 3 aromatic rings. The molecule has 0 amide bonds. The van der Waals surface area contributed by atoms with Crippen LogP contribution in [0.1, 0.15) is 18.3 Å². The van der Waals surface area contributed by atoms with Crippen molar-refractivity contribution in [1.82, 2.24) is 14.3 Å². The fraction of sp³-hybridized carbons (Fsp3) is 0.250. The summed E-state index contributed by atoms with van der Waals surface area (Å²) in [6, 6.07) is 10.1. The van der Waals surface area contributed by atoms with E-state index in [0.29, 0.717) is 0 Å². The van der Waals surface area contributed by atoms with Gasteiger partial charge in [0.2, 0.25) is 5.88 Å². The van der Waals surface area contributed by atoms with Crippen molar-refractivity contribution in [2.45, 2.75) is 27.3 Å². The van der Waals surface area contributed by atoms with Gasteiger partial charge in [0.15, 0.2) is 5.75 Å². The molecule has 0 N–H and O–H groups in total. The number of carbonyl (C=O) groups is 1. The summed E-state index contributed by atoms with van der Waals surface area (Å²) in [6.07, 6.45) is 0. The Labute approximate surface area is 177 Å².